The lowest BCUT2D eigenvalue weighted by Gasteiger charge is -2.09. The Morgan fingerprint density at radius 2 is 2.25 bits per heavy atom. The Morgan fingerprint density at radius 1 is 1.44 bits per heavy atom. The van der Waals surface area contributed by atoms with Crippen molar-refractivity contribution < 1.29 is 9.59 Å². The van der Waals surface area contributed by atoms with E-state index in [4.69, 9.17) is 0 Å². The van der Waals surface area contributed by atoms with Crippen LogP contribution in [0.1, 0.15) is 16.8 Å². The lowest BCUT2D eigenvalue weighted by molar-refractivity contribution is -0.119. The van der Waals surface area contributed by atoms with Crippen LogP contribution < -0.4 is 16.1 Å². The summed E-state index contributed by atoms with van der Waals surface area (Å²) in [6.07, 6.45) is 3.07. The van der Waals surface area contributed by atoms with E-state index in [1.807, 2.05) is 0 Å². The van der Waals surface area contributed by atoms with Crippen LogP contribution in [0.4, 0.5) is 0 Å². The van der Waals surface area contributed by atoms with Crippen LogP contribution in [0.5, 0.6) is 0 Å². The number of H-pyrrole nitrogens is 1. The summed E-state index contributed by atoms with van der Waals surface area (Å²) in [5.74, 6) is -0.546. The maximum Gasteiger partial charge on any atom is 0.257 e. The first-order chi connectivity index (χ1) is 7.66. The smallest absolute Gasteiger partial charge is 0.257 e. The molecule has 1 atom stereocenters. The molecule has 1 fully saturated rings. The third-order valence-corrected chi connectivity index (χ3v) is 2.38. The number of aromatic amines is 1. The summed E-state index contributed by atoms with van der Waals surface area (Å²) >= 11 is 0. The second-order valence-electron chi connectivity index (χ2n) is 3.60. The highest BCUT2D eigenvalue weighted by molar-refractivity contribution is 5.94. The predicted molar refractivity (Wildman–Crippen MR) is 55.9 cm³/mol. The summed E-state index contributed by atoms with van der Waals surface area (Å²) < 4.78 is 0. The van der Waals surface area contributed by atoms with Crippen LogP contribution in [-0.4, -0.2) is 29.4 Å². The van der Waals surface area contributed by atoms with Crippen molar-refractivity contribution >= 4 is 11.8 Å². The fraction of sp³-hybridized carbons (Fsp3) is 0.300. The Hall–Kier alpha value is -2.11. The van der Waals surface area contributed by atoms with Crippen LogP contribution in [-0.2, 0) is 4.79 Å². The molecule has 16 heavy (non-hydrogen) atoms. The van der Waals surface area contributed by atoms with Gasteiger partial charge in [-0.2, -0.15) is 0 Å². The number of hydrogen-bond donors (Lipinski definition) is 3. The van der Waals surface area contributed by atoms with Gasteiger partial charge >= 0.3 is 0 Å². The first-order valence-electron chi connectivity index (χ1n) is 4.91. The van der Waals surface area contributed by atoms with Crippen LogP contribution in [0, 0.1) is 0 Å². The van der Waals surface area contributed by atoms with Gasteiger partial charge in [0.1, 0.15) is 5.56 Å². The van der Waals surface area contributed by atoms with Crippen molar-refractivity contribution in [2.45, 2.75) is 12.5 Å². The molecule has 6 heteroatoms. The van der Waals surface area contributed by atoms with Gasteiger partial charge in [-0.1, -0.05) is 0 Å². The SMILES string of the molecule is O=C1CC(NC(=O)c2c[nH]ccc2=O)CN1. The van der Waals surface area contributed by atoms with Gasteiger partial charge in [-0.05, 0) is 0 Å². The molecular formula is C10H11N3O3. The summed E-state index contributed by atoms with van der Waals surface area (Å²) in [7, 11) is 0. The van der Waals surface area contributed by atoms with E-state index in [1.165, 1.54) is 18.5 Å². The van der Waals surface area contributed by atoms with Crippen molar-refractivity contribution in [2.24, 2.45) is 0 Å². The van der Waals surface area contributed by atoms with Crippen molar-refractivity contribution in [2.75, 3.05) is 6.54 Å². The van der Waals surface area contributed by atoms with Crippen LogP contribution in [0.2, 0.25) is 0 Å². The lowest BCUT2D eigenvalue weighted by Crippen LogP contribution is -2.38. The van der Waals surface area contributed by atoms with Crippen molar-refractivity contribution in [1.82, 2.24) is 15.6 Å². The van der Waals surface area contributed by atoms with Gasteiger partial charge in [0.15, 0.2) is 5.43 Å². The average molecular weight is 221 g/mol. The molecule has 2 rings (SSSR count). The fourth-order valence-corrected chi connectivity index (χ4v) is 1.56. The van der Waals surface area contributed by atoms with Crippen LogP contribution in [0.3, 0.4) is 0 Å². The van der Waals surface area contributed by atoms with Crippen LogP contribution >= 0.6 is 0 Å². The molecular weight excluding hydrogens is 210 g/mol. The Bertz CT molecular complexity index is 480. The summed E-state index contributed by atoms with van der Waals surface area (Å²) in [5.41, 5.74) is -0.282. The third-order valence-electron chi connectivity index (χ3n) is 2.38. The molecule has 0 aromatic carbocycles. The summed E-state index contributed by atoms with van der Waals surface area (Å²) in [5, 5.41) is 5.23. The molecule has 1 aliphatic heterocycles. The number of aromatic nitrogens is 1. The van der Waals surface area contributed by atoms with E-state index in [-0.39, 0.29) is 29.4 Å². The van der Waals surface area contributed by atoms with Gasteiger partial charge in [-0.3, -0.25) is 14.4 Å². The van der Waals surface area contributed by atoms with Gasteiger partial charge in [0, 0.05) is 31.4 Å². The summed E-state index contributed by atoms with van der Waals surface area (Å²) in [4.78, 5) is 36.6. The molecule has 0 bridgehead atoms. The largest absolute Gasteiger partial charge is 0.367 e. The number of pyridine rings is 1. The zero-order valence-electron chi connectivity index (χ0n) is 8.45. The van der Waals surface area contributed by atoms with Crippen molar-refractivity contribution in [3.63, 3.8) is 0 Å². The normalized spacial score (nSPS) is 19.2. The van der Waals surface area contributed by atoms with Crippen molar-refractivity contribution in [3.8, 4) is 0 Å². The minimum absolute atomic E-state index is 0.0573. The minimum Gasteiger partial charge on any atom is -0.367 e. The molecule has 2 heterocycles. The number of carbonyl (C=O) groups is 2. The van der Waals surface area contributed by atoms with Gasteiger partial charge < -0.3 is 15.6 Å². The zero-order chi connectivity index (χ0) is 11.5. The summed E-state index contributed by atoms with van der Waals surface area (Å²) in [6.45, 7) is 0.412. The molecule has 1 aromatic heterocycles. The fourth-order valence-electron chi connectivity index (χ4n) is 1.56. The first kappa shape index (κ1) is 10.4. The maximum atomic E-state index is 11.7. The predicted octanol–water partition coefficient (Wildman–Crippen LogP) is -1.01. The molecule has 1 saturated heterocycles. The van der Waals surface area contributed by atoms with E-state index in [9.17, 15) is 14.4 Å². The van der Waals surface area contributed by atoms with Crippen molar-refractivity contribution in [3.05, 3.63) is 34.2 Å². The number of nitrogens with one attached hydrogen (secondary N) is 3. The van der Waals surface area contributed by atoms with Gasteiger partial charge in [0.05, 0.1) is 6.04 Å². The monoisotopic (exact) mass is 221 g/mol. The molecule has 3 N–H and O–H groups in total. The topological polar surface area (TPSA) is 91.1 Å². The van der Waals surface area contributed by atoms with Crippen LogP contribution in [0.15, 0.2) is 23.3 Å². The zero-order valence-corrected chi connectivity index (χ0v) is 8.45. The van der Waals surface area contributed by atoms with E-state index in [2.05, 4.69) is 15.6 Å². The highest BCUT2D eigenvalue weighted by atomic mass is 16.2. The first-order valence-corrected chi connectivity index (χ1v) is 4.91. The molecule has 0 saturated carbocycles. The molecule has 84 valence electrons. The molecule has 1 aliphatic rings. The summed E-state index contributed by atoms with van der Waals surface area (Å²) in [6, 6.07) is 1.05. The molecule has 1 unspecified atom stereocenters. The number of rotatable bonds is 2. The second kappa shape index (κ2) is 4.18. The van der Waals surface area contributed by atoms with Crippen molar-refractivity contribution in [1.29, 1.82) is 0 Å². The quantitative estimate of drug-likeness (QED) is 0.597. The van der Waals surface area contributed by atoms with Gasteiger partial charge in [0.25, 0.3) is 5.91 Å². The lowest BCUT2D eigenvalue weighted by atomic mass is 10.2. The van der Waals surface area contributed by atoms with E-state index in [0.29, 0.717) is 6.54 Å². The standard InChI is InChI=1S/C10H11N3O3/c14-8-1-2-11-5-7(8)10(16)13-6-3-9(15)12-4-6/h1-2,5-6H,3-4H2,(H,11,14)(H,12,15)(H,13,16). The van der Waals surface area contributed by atoms with E-state index in [0.717, 1.165) is 0 Å². The van der Waals surface area contributed by atoms with Gasteiger partial charge in [0.2, 0.25) is 5.91 Å². The second-order valence-corrected chi connectivity index (χ2v) is 3.60. The highest BCUT2D eigenvalue weighted by Crippen LogP contribution is 2.00. The van der Waals surface area contributed by atoms with Crippen LogP contribution in [0.25, 0.3) is 0 Å². The van der Waals surface area contributed by atoms with E-state index in [1.54, 1.807) is 0 Å². The Labute approximate surface area is 91.1 Å². The third kappa shape index (κ3) is 2.10. The molecule has 6 nitrogen and oxygen atoms in total. The van der Waals surface area contributed by atoms with Gasteiger partial charge in [-0.25, -0.2) is 0 Å². The molecule has 0 aliphatic carbocycles. The minimum atomic E-state index is -0.455. The van der Waals surface area contributed by atoms with E-state index >= 15 is 0 Å². The Balaban J connectivity index is 2.06. The Kier molecular flexibility index (Phi) is 2.72. The number of carbonyl (C=O) groups excluding carboxylic acids is 2. The average Bonchev–Trinajstić information content (AvgIpc) is 2.64. The number of hydrogen-bond acceptors (Lipinski definition) is 3. The highest BCUT2D eigenvalue weighted by Gasteiger charge is 2.23. The molecule has 0 spiro atoms. The van der Waals surface area contributed by atoms with E-state index < -0.39 is 5.91 Å². The molecule has 0 radical (unpaired) electrons. The maximum absolute atomic E-state index is 11.7. The number of amides is 2. The van der Waals surface area contributed by atoms with Gasteiger partial charge in [-0.15, -0.1) is 0 Å². The molecule has 1 aromatic rings. The molecule has 2 amide bonds. The Morgan fingerprint density at radius 3 is 2.88 bits per heavy atom.